The maximum atomic E-state index is 6.87. The number of para-hydroxylation sites is 2. The Morgan fingerprint density at radius 3 is 2.40 bits per heavy atom. The first-order valence-electron chi connectivity index (χ1n) is 14.3. The van der Waals surface area contributed by atoms with Crippen LogP contribution in [0.4, 0.5) is 0 Å². The molecular formula is C36H19N5O+2. The number of hydrogen-bond donors (Lipinski definition) is 0. The number of benzene rings is 3. The van der Waals surface area contributed by atoms with E-state index in [1.54, 1.807) is 0 Å². The Morgan fingerprint density at radius 2 is 1.45 bits per heavy atom. The van der Waals surface area contributed by atoms with Gasteiger partial charge in [-0.2, -0.15) is 9.13 Å². The van der Waals surface area contributed by atoms with Crippen molar-refractivity contribution in [3.05, 3.63) is 127 Å². The number of ether oxygens (including phenoxy) is 1. The molecule has 0 amide bonds. The van der Waals surface area contributed by atoms with Crippen LogP contribution in [0.3, 0.4) is 0 Å². The van der Waals surface area contributed by atoms with Crippen LogP contribution in [0.15, 0.2) is 116 Å². The molecule has 0 saturated carbocycles. The van der Waals surface area contributed by atoms with Crippen molar-refractivity contribution in [1.82, 2.24) is 14.0 Å². The number of rotatable bonds is 0. The molecule has 12 rings (SSSR count). The topological polar surface area (TPSA) is 39.2 Å². The standard InChI is InChI=1S/C36H19N5O/c1-3-9-25-20(7-1)21-12-14-28-32-33(21)40(25)29-11-5-6-18-38(29)36(32)31-23-8-2-4-10-26(23)39-27-16-17-37-19-24(27)22-13-15-30(42-28)41(36)34(22)35(31)39/h1-19H/q+2. The van der Waals surface area contributed by atoms with Crippen molar-refractivity contribution < 1.29 is 13.9 Å². The van der Waals surface area contributed by atoms with Crippen LogP contribution in [0.5, 0.6) is 11.6 Å². The van der Waals surface area contributed by atoms with E-state index in [1.807, 2.05) is 12.4 Å². The fourth-order valence-corrected chi connectivity index (χ4v) is 8.65. The van der Waals surface area contributed by atoms with E-state index in [-0.39, 0.29) is 0 Å². The highest BCUT2D eigenvalue weighted by atomic mass is 16.5. The first-order valence-corrected chi connectivity index (χ1v) is 14.3. The van der Waals surface area contributed by atoms with Crippen molar-refractivity contribution in [1.29, 1.82) is 0 Å². The Morgan fingerprint density at radius 1 is 0.643 bits per heavy atom. The monoisotopic (exact) mass is 537 g/mol. The minimum Gasteiger partial charge on any atom is -0.404 e. The third kappa shape index (κ3) is 1.82. The predicted molar refractivity (Wildman–Crippen MR) is 161 cm³/mol. The van der Waals surface area contributed by atoms with Crippen molar-refractivity contribution in [2.75, 3.05) is 0 Å². The molecule has 0 saturated heterocycles. The first kappa shape index (κ1) is 20.2. The van der Waals surface area contributed by atoms with Crippen molar-refractivity contribution in [2.45, 2.75) is 5.66 Å². The van der Waals surface area contributed by atoms with E-state index in [0.717, 1.165) is 28.4 Å². The number of aromatic nitrogens is 5. The number of pyridine rings is 4. The van der Waals surface area contributed by atoms with Gasteiger partial charge in [-0.25, -0.2) is 0 Å². The highest BCUT2D eigenvalue weighted by Gasteiger charge is 2.68. The van der Waals surface area contributed by atoms with Gasteiger partial charge in [-0.15, -0.1) is 4.57 Å². The van der Waals surface area contributed by atoms with Crippen molar-refractivity contribution in [2.24, 2.45) is 0 Å². The fourth-order valence-electron chi connectivity index (χ4n) is 8.65. The summed E-state index contributed by atoms with van der Waals surface area (Å²) < 4.78 is 16.7. The molecule has 1 atom stereocenters. The quantitative estimate of drug-likeness (QED) is 0.164. The number of nitrogens with zero attached hydrogens (tertiary/aromatic N) is 5. The van der Waals surface area contributed by atoms with Gasteiger partial charge in [-0.05, 0) is 48.5 Å². The molecule has 1 unspecified atom stereocenters. The zero-order chi connectivity index (χ0) is 26.9. The predicted octanol–water partition coefficient (Wildman–Crippen LogP) is 6.50. The summed E-state index contributed by atoms with van der Waals surface area (Å²) in [6, 6.07) is 35.1. The van der Waals surface area contributed by atoms with Gasteiger partial charge in [0, 0.05) is 40.0 Å². The molecule has 0 bridgehead atoms. The van der Waals surface area contributed by atoms with Gasteiger partial charge in [0.2, 0.25) is 5.52 Å². The Balaban J connectivity index is 1.48. The lowest BCUT2D eigenvalue weighted by molar-refractivity contribution is -0.958. The van der Waals surface area contributed by atoms with Crippen molar-refractivity contribution in [3.8, 4) is 17.4 Å². The number of hydrogen-bond acceptors (Lipinski definition) is 2. The summed E-state index contributed by atoms with van der Waals surface area (Å²) >= 11 is 0. The summed E-state index contributed by atoms with van der Waals surface area (Å²) in [6.07, 6.45) is 6.16. The van der Waals surface area contributed by atoms with Crippen molar-refractivity contribution >= 4 is 60.0 Å². The second-order valence-electron chi connectivity index (χ2n) is 11.6. The SMILES string of the molecule is c1cc[n+]2c(c1)-n1c3ccccc3c3ccc4c(c31)C21c2c3ccccc3n3c5ccncc5c5ccc([n+]1c5c23)O4. The molecule has 0 fully saturated rings. The van der Waals surface area contributed by atoms with Crippen molar-refractivity contribution in [3.63, 3.8) is 0 Å². The summed E-state index contributed by atoms with van der Waals surface area (Å²) in [5, 5.41) is 6.04. The van der Waals surface area contributed by atoms with Crippen LogP contribution in [0.2, 0.25) is 0 Å². The normalized spacial score (nSPS) is 17.3. The molecule has 0 aliphatic carbocycles. The molecule has 0 N–H and O–H groups in total. The van der Waals surface area contributed by atoms with E-state index in [9.17, 15) is 0 Å². The maximum Gasteiger partial charge on any atom is 0.378 e. The molecule has 0 radical (unpaired) electrons. The molecule has 3 aromatic carbocycles. The second-order valence-corrected chi connectivity index (χ2v) is 11.6. The smallest absolute Gasteiger partial charge is 0.378 e. The average Bonchev–Trinajstić information content (AvgIpc) is 3.68. The Kier molecular flexibility index (Phi) is 3.01. The summed E-state index contributed by atoms with van der Waals surface area (Å²) in [6.45, 7) is 0. The summed E-state index contributed by atoms with van der Waals surface area (Å²) in [5.41, 5.74) is 8.96. The zero-order valence-electron chi connectivity index (χ0n) is 22.1. The van der Waals surface area contributed by atoms with Gasteiger partial charge < -0.3 is 9.14 Å². The molecule has 6 nitrogen and oxygen atoms in total. The van der Waals surface area contributed by atoms with E-state index >= 15 is 0 Å². The molecule has 6 aromatic heterocycles. The largest absolute Gasteiger partial charge is 0.404 e. The van der Waals surface area contributed by atoms with Gasteiger partial charge in [0.15, 0.2) is 16.8 Å². The summed E-state index contributed by atoms with van der Waals surface area (Å²) in [4.78, 5) is 4.58. The van der Waals surface area contributed by atoms with Gasteiger partial charge >= 0.3 is 11.5 Å². The lowest BCUT2D eigenvalue weighted by atomic mass is 9.86. The van der Waals surface area contributed by atoms with E-state index in [0.29, 0.717) is 0 Å². The Bertz CT molecular complexity index is 2790. The molecule has 9 aromatic rings. The van der Waals surface area contributed by atoms with Crippen LogP contribution in [-0.2, 0) is 5.66 Å². The third-order valence-electron chi connectivity index (χ3n) is 9.97. The second kappa shape index (κ2) is 6.26. The average molecular weight is 538 g/mol. The minimum atomic E-state index is -0.690. The van der Waals surface area contributed by atoms with Crippen LogP contribution < -0.4 is 13.9 Å². The van der Waals surface area contributed by atoms with Gasteiger partial charge in [0.05, 0.1) is 28.7 Å². The van der Waals surface area contributed by atoms with Gasteiger partial charge in [-0.3, -0.25) is 4.98 Å². The highest BCUT2D eigenvalue weighted by molar-refractivity contribution is 6.17. The van der Waals surface area contributed by atoms with E-state index in [1.165, 1.54) is 60.3 Å². The number of fused-ring (bicyclic) bond motifs is 11. The maximum absolute atomic E-state index is 6.87. The zero-order valence-corrected chi connectivity index (χ0v) is 22.1. The van der Waals surface area contributed by atoms with E-state index < -0.39 is 5.66 Å². The third-order valence-corrected chi connectivity index (χ3v) is 9.97. The van der Waals surface area contributed by atoms with Gasteiger partial charge in [-0.1, -0.05) is 36.4 Å². The highest BCUT2D eigenvalue weighted by Crippen LogP contribution is 2.55. The molecule has 6 heteroatoms. The van der Waals surface area contributed by atoms with Gasteiger partial charge in [0.25, 0.3) is 5.82 Å². The lowest BCUT2D eigenvalue weighted by Gasteiger charge is -2.33. The molecule has 9 heterocycles. The molecule has 192 valence electrons. The Hall–Kier alpha value is -5.75. The molecule has 3 aliphatic rings. The molecule has 42 heavy (non-hydrogen) atoms. The van der Waals surface area contributed by atoms with E-state index in [2.05, 4.69) is 126 Å². The molecule has 3 aliphatic heterocycles. The Labute approximate surface area is 237 Å². The fraction of sp³-hybridized carbons (Fsp3) is 0.0278. The van der Waals surface area contributed by atoms with E-state index in [4.69, 9.17) is 4.74 Å². The minimum absolute atomic E-state index is 0.690. The van der Waals surface area contributed by atoms with Gasteiger partial charge in [0.1, 0.15) is 16.6 Å². The molecule has 1 spiro atoms. The van der Waals surface area contributed by atoms with Crippen LogP contribution in [0, 0.1) is 0 Å². The first-order chi connectivity index (χ1) is 20.9. The molecular weight excluding hydrogens is 518 g/mol. The van der Waals surface area contributed by atoms with Crippen LogP contribution >= 0.6 is 0 Å². The van der Waals surface area contributed by atoms with Crippen LogP contribution in [0.1, 0.15) is 11.1 Å². The van der Waals surface area contributed by atoms with Crippen LogP contribution in [-0.4, -0.2) is 14.0 Å². The summed E-state index contributed by atoms with van der Waals surface area (Å²) in [5.74, 6) is 2.87. The lowest BCUT2D eigenvalue weighted by Crippen LogP contribution is -2.76. The summed E-state index contributed by atoms with van der Waals surface area (Å²) in [7, 11) is 0. The van der Waals surface area contributed by atoms with Crippen LogP contribution in [0.25, 0.3) is 65.8 Å².